The molecule has 0 aromatic carbocycles. The summed E-state index contributed by atoms with van der Waals surface area (Å²) < 4.78 is 0. The van der Waals surface area contributed by atoms with E-state index < -0.39 is 0 Å². The van der Waals surface area contributed by atoms with Crippen LogP contribution in [0, 0.1) is 5.41 Å². The molecule has 2 aliphatic heterocycles. The maximum absolute atomic E-state index is 2.57. The van der Waals surface area contributed by atoms with Crippen molar-refractivity contribution in [3.05, 3.63) is 0 Å². The Labute approximate surface area is 115 Å². The molecule has 0 aromatic heterocycles. The molecule has 0 N–H and O–H groups in total. The van der Waals surface area contributed by atoms with Crippen molar-refractivity contribution in [3.63, 3.8) is 0 Å². The Balaban J connectivity index is 0.000000180. The molecule has 0 saturated carbocycles. The average Bonchev–Trinajstić information content (AvgIpc) is 2.36. The van der Waals surface area contributed by atoms with Crippen LogP contribution in [0.4, 0.5) is 0 Å². The van der Waals surface area contributed by atoms with E-state index in [0.29, 0.717) is 5.41 Å². The highest BCUT2D eigenvalue weighted by Crippen LogP contribution is 2.28. The normalized spacial score (nSPS) is 25.3. The maximum Gasteiger partial charge on any atom is -0.00167 e. The summed E-state index contributed by atoms with van der Waals surface area (Å²) in [6.45, 7) is 13.6. The molecule has 2 heterocycles. The van der Waals surface area contributed by atoms with Crippen LogP contribution < -0.4 is 0 Å². The summed E-state index contributed by atoms with van der Waals surface area (Å²) >= 11 is 0. The summed E-state index contributed by atoms with van der Waals surface area (Å²) in [5.74, 6) is 0. The molecule has 2 fully saturated rings. The molecule has 2 heteroatoms. The minimum absolute atomic E-state index is 0.618. The van der Waals surface area contributed by atoms with E-state index in [1.54, 1.807) is 0 Å². The van der Waals surface area contributed by atoms with Crippen LogP contribution in [-0.4, -0.2) is 49.6 Å². The van der Waals surface area contributed by atoms with E-state index in [1.807, 2.05) is 0 Å². The van der Waals surface area contributed by atoms with Crippen molar-refractivity contribution >= 4 is 0 Å². The van der Waals surface area contributed by atoms with Gasteiger partial charge in [0.15, 0.2) is 0 Å². The van der Waals surface area contributed by atoms with Gasteiger partial charge in [-0.3, -0.25) is 0 Å². The highest BCUT2D eigenvalue weighted by Gasteiger charge is 2.22. The first kappa shape index (κ1) is 16.0. The zero-order chi connectivity index (χ0) is 13.4. The molecule has 0 bridgehead atoms. The van der Waals surface area contributed by atoms with Gasteiger partial charge in [0.05, 0.1) is 0 Å². The van der Waals surface area contributed by atoms with E-state index in [-0.39, 0.29) is 0 Å². The molecule has 0 atom stereocenters. The molecular weight excluding hydrogens is 220 g/mol. The summed E-state index contributed by atoms with van der Waals surface area (Å²) in [6.07, 6.45) is 8.37. The molecule has 2 aliphatic rings. The fourth-order valence-corrected chi connectivity index (χ4v) is 2.72. The van der Waals surface area contributed by atoms with Crippen LogP contribution in [0.1, 0.15) is 59.3 Å². The van der Waals surface area contributed by atoms with Gasteiger partial charge < -0.3 is 9.80 Å². The number of likely N-dealkylation sites (tertiary alicyclic amines) is 2. The lowest BCUT2D eigenvalue weighted by molar-refractivity contribution is 0.157. The van der Waals surface area contributed by atoms with Crippen LogP contribution in [0.2, 0.25) is 0 Å². The van der Waals surface area contributed by atoms with Crippen LogP contribution >= 0.6 is 0 Å². The lowest BCUT2D eigenvalue weighted by atomic mass is 9.83. The van der Waals surface area contributed by atoms with E-state index in [4.69, 9.17) is 0 Å². The van der Waals surface area contributed by atoms with Crippen LogP contribution in [0.25, 0.3) is 0 Å². The number of hydrogen-bond donors (Lipinski definition) is 0. The van der Waals surface area contributed by atoms with Crippen molar-refractivity contribution in [2.45, 2.75) is 59.3 Å². The summed E-state index contributed by atoms with van der Waals surface area (Å²) in [5, 5.41) is 0. The number of rotatable bonds is 2. The molecule has 0 spiro atoms. The summed E-state index contributed by atoms with van der Waals surface area (Å²) in [5.41, 5.74) is 0.618. The zero-order valence-electron chi connectivity index (χ0n) is 13.2. The van der Waals surface area contributed by atoms with Gasteiger partial charge in [0.2, 0.25) is 0 Å². The molecule has 0 amide bonds. The van der Waals surface area contributed by atoms with Crippen molar-refractivity contribution in [2.24, 2.45) is 5.41 Å². The highest BCUT2D eigenvalue weighted by atomic mass is 15.1. The largest absolute Gasteiger partial charge is 0.306 e. The van der Waals surface area contributed by atoms with Gasteiger partial charge in [-0.1, -0.05) is 27.2 Å². The third-order valence-corrected chi connectivity index (χ3v) is 4.33. The third-order valence-electron chi connectivity index (χ3n) is 4.33. The predicted molar refractivity (Wildman–Crippen MR) is 81.1 cm³/mol. The smallest absolute Gasteiger partial charge is 0.00167 e. The minimum Gasteiger partial charge on any atom is -0.306 e. The fourth-order valence-electron chi connectivity index (χ4n) is 2.72. The van der Waals surface area contributed by atoms with Gasteiger partial charge in [-0.2, -0.15) is 0 Å². The third kappa shape index (κ3) is 6.75. The monoisotopic (exact) mass is 254 g/mol. The Hall–Kier alpha value is -0.0800. The molecule has 0 unspecified atom stereocenters. The Morgan fingerprint density at radius 1 is 0.889 bits per heavy atom. The number of piperidine rings is 2. The van der Waals surface area contributed by atoms with Crippen LogP contribution in [0.3, 0.4) is 0 Å². The fraction of sp³-hybridized carbons (Fsp3) is 1.00. The van der Waals surface area contributed by atoms with Crippen LogP contribution in [0.15, 0.2) is 0 Å². The standard InChI is InChI=1S/2C8H17N/c1-8(2)4-6-9(3)7-5-8;1-2-6-9-7-4-3-5-8-9/h4-7H2,1-3H3;2-8H2,1H3. The maximum atomic E-state index is 2.57. The van der Waals surface area contributed by atoms with Gasteiger partial charge in [-0.05, 0) is 77.3 Å². The van der Waals surface area contributed by atoms with E-state index in [9.17, 15) is 0 Å². The molecular formula is C16H34N2. The lowest BCUT2D eigenvalue weighted by Gasteiger charge is -2.34. The van der Waals surface area contributed by atoms with Gasteiger partial charge in [-0.15, -0.1) is 0 Å². The van der Waals surface area contributed by atoms with Gasteiger partial charge >= 0.3 is 0 Å². The second-order valence-corrected chi connectivity index (χ2v) is 6.87. The molecule has 2 saturated heterocycles. The first-order valence-corrected chi connectivity index (χ1v) is 7.94. The van der Waals surface area contributed by atoms with E-state index >= 15 is 0 Å². The average molecular weight is 254 g/mol. The molecule has 0 aromatic rings. The second-order valence-electron chi connectivity index (χ2n) is 6.87. The Kier molecular flexibility index (Phi) is 7.25. The number of nitrogens with zero attached hydrogens (tertiary/aromatic N) is 2. The van der Waals surface area contributed by atoms with Crippen molar-refractivity contribution in [3.8, 4) is 0 Å². The van der Waals surface area contributed by atoms with E-state index in [1.165, 1.54) is 71.2 Å². The molecule has 0 radical (unpaired) electrons. The molecule has 108 valence electrons. The predicted octanol–water partition coefficient (Wildman–Crippen LogP) is 3.62. The highest BCUT2D eigenvalue weighted by molar-refractivity contribution is 4.76. The lowest BCUT2D eigenvalue weighted by Crippen LogP contribution is -2.34. The van der Waals surface area contributed by atoms with Crippen molar-refractivity contribution in [2.75, 3.05) is 39.8 Å². The van der Waals surface area contributed by atoms with Crippen LogP contribution in [0.5, 0.6) is 0 Å². The summed E-state index contributed by atoms with van der Waals surface area (Å²) in [4.78, 5) is 4.98. The molecule has 2 rings (SSSR count). The molecule has 0 aliphatic carbocycles. The quantitative estimate of drug-likeness (QED) is 0.742. The van der Waals surface area contributed by atoms with Gasteiger partial charge in [-0.25, -0.2) is 0 Å². The second kappa shape index (κ2) is 8.16. The van der Waals surface area contributed by atoms with E-state index in [0.717, 1.165) is 0 Å². The van der Waals surface area contributed by atoms with Crippen molar-refractivity contribution in [1.29, 1.82) is 0 Å². The van der Waals surface area contributed by atoms with Crippen molar-refractivity contribution < 1.29 is 0 Å². The zero-order valence-corrected chi connectivity index (χ0v) is 13.2. The Bertz CT molecular complexity index is 194. The summed E-state index contributed by atoms with van der Waals surface area (Å²) in [6, 6.07) is 0. The van der Waals surface area contributed by atoms with Gasteiger partial charge in [0.25, 0.3) is 0 Å². The van der Waals surface area contributed by atoms with E-state index in [2.05, 4.69) is 37.6 Å². The summed E-state index contributed by atoms with van der Waals surface area (Å²) in [7, 11) is 2.20. The molecule has 18 heavy (non-hydrogen) atoms. The SMILES string of the molecule is CCCN1CCCCC1.CN1CCC(C)(C)CC1. The first-order valence-electron chi connectivity index (χ1n) is 7.94. The van der Waals surface area contributed by atoms with Gasteiger partial charge in [0.1, 0.15) is 0 Å². The molecule has 2 nitrogen and oxygen atoms in total. The Morgan fingerprint density at radius 2 is 1.44 bits per heavy atom. The van der Waals surface area contributed by atoms with Gasteiger partial charge in [0, 0.05) is 0 Å². The number of hydrogen-bond acceptors (Lipinski definition) is 2. The van der Waals surface area contributed by atoms with Crippen LogP contribution in [-0.2, 0) is 0 Å². The first-order chi connectivity index (χ1) is 8.53. The topological polar surface area (TPSA) is 6.48 Å². The Morgan fingerprint density at radius 3 is 1.89 bits per heavy atom. The van der Waals surface area contributed by atoms with Crippen molar-refractivity contribution in [1.82, 2.24) is 9.80 Å². The minimum atomic E-state index is 0.618.